The molecule has 2 atom stereocenters. The van der Waals surface area contributed by atoms with Crippen LogP contribution in [0.4, 0.5) is 5.95 Å². The Hall–Kier alpha value is -2.67. The molecular formula is C18H22N4O3. The van der Waals surface area contributed by atoms with Crippen LogP contribution in [0, 0.1) is 5.92 Å². The quantitative estimate of drug-likeness (QED) is 0.817. The van der Waals surface area contributed by atoms with Gasteiger partial charge in [0.25, 0.3) is 5.91 Å². The molecule has 2 aromatic rings. The number of carbonyl (C=O) groups is 1. The summed E-state index contributed by atoms with van der Waals surface area (Å²) in [7, 11) is 0. The van der Waals surface area contributed by atoms with Gasteiger partial charge in [-0.2, -0.15) is 0 Å². The SMILES string of the molecule is CCOc1ccccc1C(=O)N[C@@H]1CN(c2ncccn2)C[C@H]1CO. The van der Waals surface area contributed by atoms with E-state index in [9.17, 15) is 9.90 Å². The summed E-state index contributed by atoms with van der Waals surface area (Å²) >= 11 is 0. The molecule has 2 N–H and O–H groups in total. The van der Waals surface area contributed by atoms with Gasteiger partial charge in [-0.3, -0.25) is 4.79 Å². The molecule has 0 saturated carbocycles. The van der Waals surface area contributed by atoms with Crippen LogP contribution in [0.3, 0.4) is 0 Å². The van der Waals surface area contributed by atoms with E-state index in [0.717, 1.165) is 0 Å². The average Bonchev–Trinajstić information content (AvgIpc) is 3.06. The molecule has 1 aliphatic heterocycles. The van der Waals surface area contributed by atoms with Crippen molar-refractivity contribution in [3.63, 3.8) is 0 Å². The van der Waals surface area contributed by atoms with Crippen molar-refractivity contribution in [3.05, 3.63) is 48.3 Å². The molecule has 1 fully saturated rings. The van der Waals surface area contributed by atoms with Crippen LogP contribution in [-0.4, -0.2) is 53.3 Å². The number of ether oxygens (including phenoxy) is 1. The second-order valence-corrected chi connectivity index (χ2v) is 5.91. The predicted octanol–water partition coefficient (Wildman–Crippen LogP) is 1.10. The van der Waals surface area contributed by atoms with E-state index in [1.54, 1.807) is 36.7 Å². The first kappa shape index (κ1) is 17.2. The number of amides is 1. The molecule has 1 aromatic carbocycles. The van der Waals surface area contributed by atoms with Gasteiger partial charge < -0.3 is 20.1 Å². The zero-order valence-electron chi connectivity index (χ0n) is 14.1. The molecule has 7 nitrogen and oxygen atoms in total. The van der Waals surface area contributed by atoms with Crippen LogP contribution in [0.15, 0.2) is 42.7 Å². The van der Waals surface area contributed by atoms with E-state index in [-0.39, 0.29) is 24.5 Å². The highest BCUT2D eigenvalue weighted by molar-refractivity contribution is 5.97. The number of rotatable bonds is 6. The minimum absolute atomic E-state index is 0.0125. The summed E-state index contributed by atoms with van der Waals surface area (Å²) in [4.78, 5) is 23.1. The number of hydrogen-bond donors (Lipinski definition) is 2. The van der Waals surface area contributed by atoms with Crippen LogP contribution in [0.5, 0.6) is 5.75 Å². The van der Waals surface area contributed by atoms with Crippen molar-refractivity contribution >= 4 is 11.9 Å². The van der Waals surface area contributed by atoms with Gasteiger partial charge in [0.1, 0.15) is 5.75 Å². The van der Waals surface area contributed by atoms with Gasteiger partial charge in [0, 0.05) is 38.0 Å². The molecule has 0 unspecified atom stereocenters. The zero-order chi connectivity index (χ0) is 17.6. The second-order valence-electron chi connectivity index (χ2n) is 5.91. The Morgan fingerprint density at radius 3 is 2.76 bits per heavy atom. The molecule has 1 aliphatic rings. The molecule has 1 amide bonds. The minimum Gasteiger partial charge on any atom is -0.493 e. The number of para-hydroxylation sites is 1. The number of benzene rings is 1. The van der Waals surface area contributed by atoms with E-state index in [0.29, 0.717) is 37.0 Å². The lowest BCUT2D eigenvalue weighted by molar-refractivity contribution is 0.0918. The van der Waals surface area contributed by atoms with Gasteiger partial charge in [-0.15, -0.1) is 0 Å². The number of aliphatic hydroxyl groups excluding tert-OH is 1. The van der Waals surface area contributed by atoms with Gasteiger partial charge >= 0.3 is 0 Å². The molecule has 0 bridgehead atoms. The van der Waals surface area contributed by atoms with Crippen LogP contribution in [-0.2, 0) is 0 Å². The van der Waals surface area contributed by atoms with Gasteiger partial charge in [-0.1, -0.05) is 12.1 Å². The van der Waals surface area contributed by atoms with E-state index in [4.69, 9.17) is 4.74 Å². The molecule has 0 aliphatic carbocycles. The maximum Gasteiger partial charge on any atom is 0.255 e. The van der Waals surface area contributed by atoms with Crippen LogP contribution in [0.2, 0.25) is 0 Å². The van der Waals surface area contributed by atoms with E-state index in [1.807, 2.05) is 17.9 Å². The highest BCUT2D eigenvalue weighted by Gasteiger charge is 2.35. The Labute approximate surface area is 146 Å². The van der Waals surface area contributed by atoms with Crippen LogP contribution >= 0.6 is 0 Å². The molecule has 1 saturated heterocycles. The van der Waals surface area contributed by atoms with Gasteiger partial charge in [0.15, 0.2) is 0 Å². The fourth-order valence-electron chi connectivity index (χ4n) is 3.02. The monoisotopic (exact) mass is 342 g/mol. The molecular weight excluding hydrogens is 320 g/mol. The minimum atomic E-state index is -0.205. The first-order chi connectivity index (χ1) is 12.2. The van der Waals surface area contributed by atoms with Gasteiger partial charge in [0.2, 0.25) is 5.95 Å². The molecule has 7 heteroatoms. The summed E-state index contributed by atoms with van der Waals surface area (Å²) in [5, 5.41) is 12.7. The Morgan fingerprint density at radius 2 is 2.04 bits per heavy atom. The molecule has 132 valence electrons. The maximum atomic E-state index is 12.7. The summed E-state index contributed by atoms with van der Waals surface area (Å²) in [5.74, 6) is 0.882. The lowest BCUT2D eigenvalue weighted by Gasteiger charge is -2.19. The summed E-state index contributed by atoms with van der Waals surface area (Å²) in [5.41, 5.74) is 0.496. The van der Waals surface area contributed by atoms with E-state index in [1.165, 1.54) is 0 Å². The maximum absolute atomic E-state index is 12.7. The van der Waals surface area contributed by atoms with Crippen LogP contribution in [0.25, 0.3) is 0 Å². The molecule has 2 heterocycles. The van der Waals surface area contributed by atoms with Crippen molar-refractivity contribution in [3.8, 4) is 5.75 Å². The fourth-order valence-corrected chi connectivity index (χ4v) is 3.02. The number of aromatic nitrogens is 2. The Bertz CT molecular complexity index is 710. The lowest BCUT2D eigenvalue weighted by Crippen LogP contribution is -2.41. The summed E-state index contributed by atoms with van der Waals surface area (Å²) in [6.07, 6.45) is 3.36. The number of anilines is 1. The van der Waals surface area contributed by atoms with Crippen LogP contribution in [0.1, 0.15) is 17.3 Å². The van der Waals surface area contributed by atoms with Crippen molar-refractivity contribution in [1.29, 1.82) is 0 Å². The third-order valence-corrected chi connectivity index (χ3v) is 4.26. The number of aliphatic hydroxyl groups is 1. The average molecular weight is 342 g/mol. The van der Waals surface area contributed by atoms with Gasteiger partial charge in [-0.25, -0.2) is 9.97 Å². The number of nitrogens with zero attached hydrogens (tertiary/aromatic N) is 3. The lowest BCUT2D eigenvalue weighted by atomic mass is 10.0. The first-order valence-corrected chi connectivity index (χ1v) is 8.38. The number of carbonyl (C=O) groups excluding carboxylic acids is 1. The first-order valence-electron chi connectivity index (χ1n) is 8.38. The molecule has 3 rings (SSSR count). The van der Waals surface area contributed by atoms with Crippen molar-refractivity contribution in [2.45, 2.75) is 13.0 Å². The van der Waals surface area contributed by atoms with Crippen molar-refractivity contribution in [2.75, 3.05) is 31.2 Å². The summed E-state index contributed by atoms with van der Waals surface area (Å²) < 4.78 is 5.53. The van der Waals surface area contributed by atoms with Gasteiger partial charge in [-0.05, 0) is 25.1 Å². The summed E-state index contributed by atoms with van der Waals surface area (Å²) in [6, 6.07) is 8.73. The fraction of sp³-hybridized carbons (Fsp3) is 0.389. The third-order valence-electron chi connectivity index (χ3n) is 4.26. The van der Waals surface area contributed by atoms with Crippen molar-refractivity contribution in [1.82, 2.24) is 15.3 Å². The van der Waals surface area contributed by atoms with Crippen molar-refractivity contribution in [2.24, 2.45) is 5.92 Å². The van der Waals surface area contributed by atoms with E-state index in [2.05, 4.69) is 15.3 Å². The Morgan fingerprint density at radius 1 is 1.28 bits per heavy atom. The Kier molecular flexibility index (Phi) is 5.45. The predicted molar refractivity (Wildman–Crippen MR) is 93.7 cm³/mol. The van der Waals surface area contributed by atoms with Crippen LogP contribution < -0.4 is 15.0 Å². The second kappa shape index (κ2) is 7.94. The Balaban J connectivity index is 1.72. The molecule has 1 aromatic heterocycles. The normalized spacial score (nSPS) is 19.7. The third kappa shape index (κ3) is 3.88. The molecule has 0 radical (unpaired) electrons. The number of nitrogens with one attached hydrogen (secondary N) is 1. The molecule has 25 heavy (non-hydrogen) atoms. The highest BCUT2D eigenvalue weighted by Crippen LogP contribution is 2.23. The van der Waals surface area contributed by atoms with E-state index >= 15 is 0 Å². The largest absolute Gasteiger partial charge is 0.493 e. The molecule has 0 spiro atoms. The smallest absolute Gasteiger partial charge is 0.255 e. The van der Waals surface area contributed by atoms with E-state index < -0.39 is 0 Å². The summed E-state index contributed by atoms with van der Waals surface area (Å²) in [6.45, 7) is 3.51. The highest BCUT2D eigenvalue weighted by atomic mass is 16.5. The standard InChI is InChI=1S/C18H22N4O3/c1-2-25-16-7-4-3-6-14(16)17(24)21-15-11-22(10-13(15)12-23)18-19-8-5-9-20-18/h3-9,13,15,23H,2,10-12H2,1H3,(H,21,24)/t13-,15+/m0/s1. The number of hydrogen-bond acceptors (Lipinski definition) is 6. The topological polar surface area (TPSA) is 87.6 Å². The van der Waals surface area contributed by atoms with Gasteiger partial charge in [0.05, 0.1) is 18.2 Å². The zero-order valence-corrected chi connectivity index (χ0v) is 14.1. The van der Waals surface area contributed by atoms with Crippen molar-refractivity contribution < 1.29 is 14.6 Å².